The van der Waals surface area contributed by atoms with Gasteiger partial charge in [0, 0.05) is 0 Å². The van der Waals surface area contributed by atoms with Crippen LogP contribution in [0.1, 0.15) is 0 Å². The minimum absolute atomic E-state index is 0.0235. The number of hydrogen-bond acceptors (Lipinski definition) is 5. The van der Waals surface area contributed by atoms with Crippen LogP contribution in [0.5, 0.6) is 0 Å². The van der Waals surface area contributed by atoms with Gasteiger partial charge in [-0.25, -0.2) is 0 Å². The summed E-state index contributed by atoms with van der Waals surface area (Å²) in [5.41, 5.74) is -0.125. The smallest absolute Gasteiger partial charge is 0.307 e. The highest BCUT2D eigenvalue weighted by atomic mass is 16.6. The van der Waals surface area contributed by atoms with Crippen LogP contribution in [0.15, 0.2) is 12.4 Å². The molecule has 1 amide bonds. The van der Waals surface area contributed by atoms with Crippen molar-refractivity contribution in [3.8, 4) is 0 Å². The Morgan fingerprint density at radius 3 is 3.00 bits per heavy atom. The first-order valence-electron chi connectivity index (χ1n) is 4.69. The normalized spacial score (nSPS) is 15.5. The summed E-state index contributed by atoms with van der Waals surface area (Å²) in [5, 5.41) is 16.8. The number of aromatic nitrogens is 2. The zero-order valence-electron chi connectivity index (χ0n) is 8.33. The molecule has 0 aliphatic carbocycles. The monoisotopic (exact) mass is 226 g/mol. The Bertz CT molecular complexity index is 412. The second-order valence-corrected chi connectivity index (χ2v) is 3.46. The van der Waals surface area contributed by atoms with Crippen molar-refractivity contribution < 1.29 is 14.5 Å². The maximum Gasteiger partial charge on any atom is 0.307 e. The Labute approximate surface area is 90.3 Å². The lowest BCUT2D eigenvalue weighted by Gasteiger charge is -2.26. The van der Waals surface area contributed by atoms with Gasteiger partial charge in [-0.15, -0.1) is 0 Å². The van der Waals surface area contributed by atoms with E-state index in [2.05, 4.69) is 10.4 Å². The Hall–Kier alpha value is -1.96. The molecule has 1 saturated heterocycles. The summed E-state index contributed by atoms with van der Waals surface area (Å²) in [6, 6.07) is 0.0537. The summed E-state index contributed by atoms with van der Waals surface area (Å²) < 4.78 is 6.12. The van der Waals surface area contributed by atoms with Crippen LogP contribution in [0.2, 0.25) is 0 Å². The molecule has 0 bridgehead atoms. The molecule has 2 rings (SSSR count). The van der Waals surface area contributed by atoms with Crippen molar-refractivity contribution in [3.63, 3.8) is 0 Å². The van der Waals surface area contributed by atoms with Crippen LogP contribution in [-0.2, 0) is 16.1 Å². The molecule has 16 heavy (non-hydrogen) atoms. The van der Waals surface area contributed by atoms with Gasteiger partial charge in [-0.3, -0.25) is 19.6 Å². The van der Waals surface area contributed by atoms with E-state index < -0.39 is 4.92 Å². The van der Waals surface area contributed by atoms with Crippen molar-refractivity contribution in [1.82, 2.24) is 15.1 Å². The van der Waals surface area contributed by atoms with E-state index in [9.17, 15) is 14.9 Å². The number of carbonyl (C=O) groups is 1. The fourth-order valence-electron chi connectivity index (χ4n) is 1.27. The second-order valence-electron chi connectivity index (χ2n) is 3.46. The molecular weight excluding hydrogens is 216 g/mol. The van der Waals surface area contributed by atoms with Gasteiger partial charge in [0.25, 0.3) is 0 Å². The predicted molar refractivity (Wildman–Crippen MR) is 51.6 cm³/mol. The maximum absolute atomic E-state index is 11.4. The molecule has 86 valence electrons. The van der Waals surface area contributed by atoms with Crippen molar-refractivity contribution in [2.24, 2.45) is 0 Å². The van der Waals surface area contributed by atoms with Crippen LogP contribution in [0, 0.1) is 10.1 Å². The summed E-state index contributed by atoms with van der Waals surface area (Å²) in [6.07, 6.45) is 2.33. The molecule has 1 aliphatic heterocycles. The first kappa shape index (κ1) is 10.6. The zero-order valence-corrected chi connectivity index (χ0v) is 8.33. The molecule has 1 aliphatic rings. The van der Waals surface area contributed by atoms with Gasteiger partial charge in [-0.1, -0.05) is 0 Å². The average Bonchev–Trinajstić information content (AvgIpc) is 2.60. The van der Waals surface area contributed by atoms with Crippen LogP contribution in [-0.4, -0.2) is 39.9 Å². The van der Waals surface area contributed by atoms with Crippen molar-refractivity contribution >= 4 is 11.6 Å². The molecule has 1 fully saturated rings. The third kappa shape index (κ3) is 2.34. The number of nitrogens with zero attached hydrogens (tertiary/aromatic N) is 3. The third-order valence-electron chi connectivity index (χ3n) is 2.14. The third-order valence-corrected chi connectivity index (χ3v) is 2.14. The number of nitrogens with one attached hydrogen (secondary N) is 1. The summed E-state index contributed by atoms with van der Waals surface area (Å²) in [6.45, 7) is 1.01. The van der Waals surface area contributed by atoms with Crippen molar-refractivity contribution in [2.45, 2.75) is 12.6 Å². The Morgan fingerprint density at radius 2 is 2.50 bits per heavy atom. The highest BCUT2D eigenvalue weighted by Gasteiger charge is 2.20. The van der Waals surface area contributed by atoms with Crippen molar-refractivity contribution in [2.75, 3.05) is 13.2 Å². The van der Waals surface area contributed by atoms with Gasteiger partial charge in [0.05, 0.1) is 24.2 Å². The lowest BCUT2D eigenvalue weighted by atomic mass is 10.2. The van der Waals surface area contributed by atoms with E-state index in [1.807, 2.05) is 0 Å². The molecule has 0 radical (unpaired) electrons. The lowest BCUT2D eigenvalue weighted by Crippen LogP contribution is -2.49. The Kier molecular flexibility index (Phi) is 2.82. The van der Waals surface area contributed by atoms with E-state index in [-0.39, 0.29) is 24.2 Å². The summed E-state index contributed by atoms with van der Waals surface area (Å²) in [5.74, 6) is -0.230. The number of rotatable bonds is 4. The lowest BCUT2D eigenvalue weighted by molar-refractivity contribution is -0.385. The molecule has 0 spiro atoms. The number of hydrogen-bond donors (Lipinski definition) is 1. The summed E-state index contributed by atoms with van der Waals surface area (Å²) in [7, 11) is 0. The minimum atomic E-state index is -0.554. The SMILES string of the molecule is O=C(Cn1cc([N+](=O)[O-])cn1)NC1COC1. The van der Waals surface area contributed by atoms with Crippen molar-refractivity contribution in [3.05, 3.63) is 22.5 Å². The molecule has 0 aromatic carbocycles. The van der Waals surface area contributed by atoms with E-state index in [0.29, 0.717) is 13.2 Å². The minimum Gasteiger partial charge on any atom is -0.377 e. The predicted octanol–water partition coefficient (Wildman–Crippen LogP) is -0.694. The summed E-state index contributed by atoms with van der Waals surface area (Å²) >= 11 is 0. The molecule has 8 heteroatoms. The highest BCUT2D eigenvalue weighted by molar-refractivity contribution is 5.76. The second kappa shape index (κ2) is 4.27. The van der Waals surface area contributed by atoms with Crippen molar-refractivity contribution in [1.29, 1.82) is 0 Å². The average molecular weight is 226 g/mol. The van der Waals surface area contributed by atoms with E-state index in [0.717, 1.165) is 6.20 Å². The number of amides is 1. The molecule has 2 heterocycles. The quantitative estimate of drug-likeness (QED) is 0.541. The van der Waals surface area contributed by atoms with Gasteiger partial charge in [0.1, 0.15) is 18.9 Å². The first-order chi connectivity index (χ1) is 7.65. The first-order valence-corrected chi connectivity index (χ1v) is 4.69. The highest BCUT2D eigenvalue weighted by Crippen LogP contribution is 2.07. The van der Waals surface area contributed by atoms with Gasteiger partial charge in [-0.2, -0.15) is 5.10 Å². The van der Waals surface area contributed by atoms with E-state index in [4.69, 9.17) is 4.74 Å². The van der Waals surface area contributed by atoms with Gasteiger partial charge in [0.2, 0.25) is 5.91 Å². The standard InChI is InChI=1S/C8H10N4O4/c13-8(10-6-4-16-5-6)3-11-2-7(1-9-11)12(14)15/h1-2,6H,3-5H2,(H,10,13). The molecule has 1 aromatic rings. The number of carbonyl (C=O) groups excluding carboxylic acids is 1. The zero-order chi connectivity index (χ0) is 11.5. The van der Waals surface area contributed by atoms with Gasteiger partial charge in [0.15, 0.2) is 0 Å². The van der Waals surface area contributed by atoms with E-state index >= 15 is 0 Å². The molecule has 8 nitrogen and oxygen atoms in total. The van der Waals surface area contributed by atoms with Gasteiger partial charge < -0.3 is 10.1 Å². The fourth-order valence-corrected chi connectivity index (χ4v) is 1.27. The van der Waals surface area contributed by atoms with Crippen LogP contribution < -0.4 is 5.32 Å². The van der Waals surface area contributed by atoms with Crippen LogP contribution in [0.25, 0.3) is 0 Å². The topological polar surface area (TPSA) is 99.3 Å². The molecular formula is C8H10N4O4. The van der Waals surface area contributed by atoms with Gasteiger partial charge >= 0.3 is 5.69 Å². The van der Waals surface area contributed by atoms with E-state index in [1.54, 1.807) is 0 Å². The molecule has 1 N–H and O–H groups in total. The van der Waals surface area contributed by atoms with Crippen LogP contribution >= 0.6 is 0 Å². The summed E-state index contributed by atoms with van der Waals surface area (Å²) in [4.78, 5) is 21.2. The molecule has 1 aromatic heterocycles. The Balaban J connectivity index is 1.87. The fraction of sp³-hybridized carbons (Fsp3) is 0.500. The maximum atomic E-state index is 11.4. The number of nitro groups is 1. The molecule has 0 saturated carbocycles. The van der Waals surface area contributed by atoms with E-state index in [1.165, 1.54) is 10.9 Å². The van der Waals surface area contributed by atoms with Crippen LogP contribution in [0.4, 0.5) is 5.69 Å². The molecule has 0 atom stereocenters. The van der Waals surface area contributed by atoms with Gasteiger partial charge in [-0.05, 0) is 0 Å². The van der Waals surface area contributed by atoms with Crippen LogP contribution in [0.3, 0.4) is 0 Å². The number of ether oxygens (including phenoxy) is 1. The largest absolute Gasteiger partial charge is 0.377 e. The Morgan fingerprint density at radius 1 is 1.75 bits per heavy atom. The molecule has 0 unspecified atom stereocenters.